The van der Waals surface area contributed by atoms with Crippen molar-refractivity contribution in [3.63, 3.8) is 0 Å². The van der Waals surface area contributed by atoms with Crippen LogP contribution in [0.3, 0.4) is 0 Å². The molecule has 7 heteroatoms. The molecule has 0 radical (unpaired) electrons. The second-order valence-electron chi connectivity index (χ2n) is 5.23. The van der Waals surface area contributed by atoms with Crippen LogP contribution in [0.15, 0.2) is 4.60 Å². The monoisotopic (exact) mass is 330 g/mol. The first-order valence-electron chi connectivity index (χ1n) is 6.71. The standard InChI is InChI=1S/C12H23BrN6/c1-5-14-10(11-12(13)15-16-19(11)4)9-8-17(2)6-7-18(9)3/h9-10,14H,5-8H2,1-4H3. The fraction of sp³-hybridized carbons (Fsp3) is 0.833. The fourth-order valence-electron chi connectivity index (χ4n) is 2.71. The molecule has 2 rings (SSSR count). The van der Waals surface area contributed by atoms with E-state index in [0.29, 0.717) is 6.04 Å². The average molecular weight is 331 g/mol. The summed E-state index contributed by atoms with van der Waals surface area (Å²) in [6.07, 6.45) is 0. The Morgan fingerprint density at radius 1 is 1.37 bits per heavy atom. The Morgan fingerprint density at radius 3 is 2.68 bits per heavy atom. The van der Waals surface area contributed by atoms with Crippen LogP contribution in [0.25, 0.3) is 0 Å². The van der Waals surface area contributed by atoms with Gasteiger partial charge in [0.1, 0.15) is 0 Å². The molecular formula is C12H23BrN6. The highest BCUT2D eigenvalue weighted by atomic mass is 79.9. The third kappa shape index (κ3) is 3.16. The number of rotatable bonds is 4. The Balaban J connectivity index is 2.29. The lowest BCUT2D eigenvalue weighted by atomic mass is 10.0. The van der Waals surface area contributed by atoms with Gasteiger partial charge in [-0.25, -0.2) is 4.68 Å². The van der Waals surface area contributed by atoms with Gasteiger partial charge in [-0.2, -0.15) is 0 Å². The van der Waals surface area contributed by atoms with Gasteiger partial charge in [0, 0.05) is 32.7 Å². The van der Waals surface area contributed by atoms with E-state index in [1.807, 2.05) is 11.7 Å². The molecule has 2 atom stereocenters. The van der Waals surface area contributed by atoms with Gasteiger partial charge >= 0.3 is 0 Å². The highest BCUT2D eigenvalue weighted by molar-refractivity contribution is 9.10. The van der Waals surface area contributed by atoms with Gasteiger partial charge in [-0.05, 0) is 36.6 Å². The van der Waals surface area contributed by atoms with Crippen molar-refractivity contribution in [2.75, 3.05) is 40.3 Å². The number of hydrogen-bond donors (Lipinski definition) is 1. The van der Waals surface area contributed by atoms with Crippen molar-refractivity contribution in [1.29, 1.82) is 0 Å². The molecule has 2 unspecified atom stereocenters. The van der Waals surface area contributed by atoms with Crippen LogP contribution in [0.1, 0.15) is 18.7 Å². The highest BCUT2D eigenvalue weighted by Gasteiger charge is 2.33. The van der Waals surface area contributed by atoms with Crippen LogP contribution in [-0.2, 0) is 7.05 Å². The molecule has 0 aromatic carbocycles. The zero-order chi connectivity index (χ0) is 14.0. The highest BCUT2D eigenvalue weighted by Crippen LogP contribution is 2.27. The molecule has 1 aliphatic heterocycles. The van der Waals surface area contributed by atoms with Crippen LogP contribution >= 0.6 is 15.9 Å². The van der Waals surface area contributed by atoms with E-state index in [2.05, 4.69) is 62.4 Å². The molecule has 19 heavy (non-hydrogen) atoms. The summed E-state index contributed by atoms with van der Waals surface area (Å²) in [6, 6.07) is 0.652. The van der Waals surface area contributed by atoms with Crippen molar-refractivity contribution in [3.05, 3.63) is 10.3 Å². The summed E-state index contributed by atoms with van der Waals surface area (Å²) >= 11 is 3.52. The van der Waals surface area contributed by atoms with Gasteiger partial charge in [-0.1, -0.05) is 12.1 Å². The molecule has 2 heterocycles. The quantitative estimate of drug-likeness (QED) is 0.869. The van der Waals surface area contributed by atoms with E-state index in [1.54, 1.807) is 0 Å². The van der Waals surface area contributed by atoms with Crippen molar-refractivity contribution < 1.29 is 0 Å². The number of nitrogens with one attached hydrogen (secondary N) is 1. The minimum Gasteiger partial charge on any atom is -0.307 e. The molecule has 1 aromatic rings. The maximum absolute atomic E-state index is 4.12. The van der Waals surface area contributed by atoms with E-state index < -0.39 is 0 Å². The predicted molar refractivity (Wildman–Crippen MR) is 79.0 cm³/mol. The molecule has 0 bridgehead atoms. The number of aryl methyl sites for hydroxylation is 1. The first-order chi connectivity index (χ1) is 9.04. The third-order valence-corrected chi connectivity index (χ3v) is 4.39. The Bertz CT molecular complexity index is 401. The van der Waals surface area contributed by atoms with Crippen LogP contribution < -0.4 is 5.32 Å². The lowest BCUT2D eigenvalue weighted by Crippen LogP contribution is -2.55. The Morgan fingerprint density at radius 2 is 2.11 bits per heavy atom. The molecule has 108 valence electrons. The first kappa shape index (κ1) is 14.9. The minimum absolute atomic E-state index is 0.229. The average Bonchev–Trinajstić information content (AvgIpc) is 2.70. The minimum atomic E-state index is 0.229. The number of hydrogen-bond acceptors (Lipinski definition) is 5. The van der Waals surface area contributed by atoms with Crippen LogP contribution in [0.4, 0.5) is 0 Å². The molecule has 1 fully saturated rings. The van der Waals surface area contributed by atoms with E-state index in [-0.39, 0.29) is 6.04 Å². The predicted octanol–water partition coefficient (Wildman–Crippen LogP) is 0.474. The largest absolute Gasteiger partial charge is 0.307 e. The summed E-state index contributed by atoms with van der Waals surface area (Å²) in [5, 5.41) is 11.8. The van der Waals surface area contributed by atoms with Crippen LogP contribution in [0.2, 0.25) is 0 Å². The second-order valence-corrected chi connectivity index (χ2v) is 5.99. The molecule has 0 spiro atoms. The molecule has 1 saturated heterocycles. The Kier molecular flexibility index (Phi) is 4.94. The molecule has 1 N–H and O–H groups in total. The maximum Gasteiger partial charge on any atom is 0.153 e. The summed E-state index contributed by atoms with van der Waals surface area (Å²) in [7, 11) is 6.32. The molecule has 0 saturated carbocycles. The number of piperazine rings is 1. The van der Waals surface area contributed by atoms with E-state index >= 15 is 0 Å². The zero-order valence-electron chi connectivity index (χ0n) is 12.1. The normalized spacial score (nSPS) is 23.7. The summed E-state index contributed by atoms with van der Waals surface area (Å²) in [6.45, 7) is 6.32. The van der Waals surface area contributed by atoms with Gasteiger partial charge in [0.15, 0.2) is 4.60 Å². The molecule has 0 aliphatic carbocycles. The molecule has 1 aromatic heterocycles. The first-order valence-corrected chi connectivity index (χ1v) is 7.51. The Labute approximate surface area is 123 Å². The van der Waals surface area contributed by atoms with Crippen LogP contribution in [-0.4, -0.2) is 71.1 Å². The summed E-state index contributed by atoms with van der Waals surface area (Å²) in [5.74, 6) is 0. The maximum atomic E-state index is 4.12. The smallest absolute Gasteiger partial charge is 0.153 e. The third-order valence-electron chi connectivity index (χ3n) is 3.83. The van der Waals surface area contributed by atoms with Crippen molar-refractivity contribution in [1.82, 2.24) is 30.1 Å². The number of nitrogens with zero attached hydrogens (tertiary/aromatic N) is 5. The van der Waals surface area contributed by atoms with E-state index in [0.717, 1.165) is 36.5 Å². The fourth-order valence-corrected chi connectivity index (χ4v) is 3.28. The van der Waals surface area contributed by atoms with Crippen molar-refractivity contribution in [2.24, 2.45) is 7.05 Å². The van der Waals surface area contributed by atoms with Crippen LogP contribution in [0, 0.1) is 0 Å². The van der Waals surface area contributed by atoms with Gasteiger partial charge in [0.2, 0.25) is 0 Å². The van der Waals surface area contributed by atoms with Crippen molar-refractivity contribution in [2.45, 2.75) is 19.0 Å². The second kappa shape index (κ2) is 6.30. The van der Waals surface area contributed by atoms with E-state index in [4.69, 9.17) is 0 Å². The molecular weight excluding hydrogens is 308 g/mol. The summed E-state index contributed by atoms with van der Waals surface area (Å²) < 4.78 is 2.70. The van der Waals surface area contributed by atoms with Gasteiger partial charge in [-0.3, -0.25) is 4.90 Å². The number of aromatic nitrogens is 3. The van der Waals surface area contributed by atoms with Crippen molar-refractivity contribution in [3.8, 4) is 0 Å². The summed E-state index contributed by atoms with van der Waals surface area (Å²) in [5.41, 5.74) is 1.12. The molecule has 1 aliphatic rings. The Hall–Kier alpha value is -0.500. The van der Waals surface area contributed by atoms with E-state index in [1.165, 1.54) is 0 Å². The van der Waals surface area contributed by atoms with E-state index in [9.17, 15) is 0 Å². The van der Waals surface area contributed by atoms with Crippen molar-refractivity contribution >= 4 is 15.9 Å². The zero-order valence-corrected chi connectivity index (χ0v) is 13.7. The number of likely N-dealkylation sites (N-methyl/N-ethyl adjacent to an activating group) is 3. The number of halogens is 1. The van der Waals surface area contributed by atoms with Gasteiger partial charge in [0.05, 0.1) is 11.7 Å². The van der Waals surface area contributed by atoms with Gasteiger partial charge in [0.25, 0.3) is 0 Å². The van der Waals surface area contributed by atoms with Crippen LogP contribution in [0.5, 0.6) is 0 Å². The molecule has 0 amide bonds. The summed E-state index contributed by atoms with van der Waals surface area (Å²) in [4.78, 5) is 4.81. The lowest BCUT2D eigenvalue weighted by Gasteiger charge is -2.42. The topological polar surface area (TPSA) is 49.2 Å². The van der Waals surface area contributed by atoms with Gasteiger partial charge < -0.3 is 10.2 Å². The molecule has 6 nitrogen and oxygen atoms in total. The van der Waals surface area contributed by atoms with Gasteiger partial charge in [-0.15, -0.1) is 5.10 Å². The lowest BCUT2D eigenvalue weighted by molar-refractivity contribution is 0.0857. The SMILES string of the molecule is CCNC(c1c(Br)nnn1C)C1CN(C)CCN1C.